The lowest BCUT2D eigenvalue weighted by molar-refractivity contribution is 0.332. The lowest BCUT2D eigenvalue weighted by Gasteiger charge is -2.30. The minimum absolute atomic E-state index is 0.702. The van der Waals surface area contributed by atoms with Crippen LogP contribution in [-0.2, 0) is 6.42 Å². The van der Waals surface area contributed by atoms with Gasteiger partial charge in [0.1, 0.15) is 0 Å². The van der Waals surface area contributed by atoms with Crippen LogP contribution >= 0.6 is 11.3 Å². The Hall–Kier alpha value is -0.340. The Labute approximate surface area is 94.9 Å². The molecule has 0 aromatic carbocycles. The second-order valence-electron chi connectivity index (χ2n) is 5.47. The minimum atomic E-state index is 0.702. The van der Waals surface area contributed by atoms with E-state index in [1.54, 1.807) is 16.9 Å². The smallest absolute Gasteiger partial charge is 0.0360 e. The molecule has 0 radical (unpaired) electrons. The summed E-state index contributed by atoms with van der Waals surface area (Å²) >= 11 is 1.96. The summed E-state index contributed by atoms with van der Waals surface area (Å²) in [5, 5.41) is 6.03. The van der Waals surface area contributed by atoms with Crippen LogP contribution in [-0.4, -0.2) is 6.54 Å². The Morgan fingerprint density at radius 1 is 1.13 bits per heavy atom. The fraction of sp³-hybridized carbons (Fsp3) is 0.692. The van der Waals surface area contributed by atoms with Crippen molar-refractivity contribution in [1.29, 1.82) is 0 Å². The average molecular weight is 219 g/mol. The van der Waals surface area contributed by atoms with Crippen LogP contribution in [0, 0.1) is 17.8 Å². The quantitative estimate of drug-likeness (QED) is 0.765. The molecule has 1 nitrogen and oxygen atoms in total. The van der Waals surface area contributed by atoms with Crippen molar-refractivity contribution in [2.24, 2.45) is 17.8 Å². The molecule has 2 aliphatic carbocycles. The van der Waals surface area contributed by atoms with Crippen molar-refractivity contribution < 1.29 is 0 Å². The summed E-state index contributed by atoms with van der Waals surface area (Å²) < 4.78 is 0. The van der Waals surface area contributed by atoms with Gasteiger partial charge in [0.25, 0.3) is 0 Å². The molecular weight excluding hydrogens is 202 g/mol. The molecule has 2 fully saturated rings. The van der Waals surface area contributed by atoms with Gasteiger partial charge in [0.2, 0.25) is 0 Å². The van der Waals surface area contributed by atoms with Crippen molar-refractivity contribution in [3.63, 3.8) is 0 Å². The van der Waals surface area contributed by atoms with Crippen LogP contribution < -0.4 is 5.32 Å². The van der Waals surface area contributed by atoms with Crippen molar-refractivity contribution in [1.82, 2.24) is 5.32 Å². The van der Waals surface area contributed by atoms with Gasteiger partial charge in [0.05, 0.1) is 0 Å². The number of thiophene rings is 1. The van der Waals surface area contributed by atoms with Gasteiger partial charge in [-0.1, -0.05) is 0 Å². The van der Waals surface area contributed by atoms with Crippen molar-refractivity contribution >= 4 is 11.3 Å². The Morgan fingerprint density at radius 3 is 2.80 bits per heavy atom. The summed E-state index contributed by atoms with van der Waals surface area (Å²) in [6, 6.07) is 3.06. The van der Waals surface area contributed by atoms with Crippen LogP contribution in [0.15, 0.2) is 11.4 Å². The maximum Gasteiger partial charge on any atom is 0.0360 e. The molecule has 2 heteroatoms. The standard InChI is InChI=1S/C13H17NS/c1-3-14-13(11-2-4-15-12(1)11)10-6-8-5-9(8)7-10/h2,4,8-10,13-14H,1,3,5-7H2. The molecule has 2 saturated carbocycles. The first kappa shape index (κ1) is 8.77. The molecule has 1 N–H and O–H groups in total. The molecular formula is C13H17NS. The lowest BCUT2D eigenvalue weighted by atomic mass is 9.87. The number of rotatable bonds is 1. The molecule has 1 aromatic heterocycles. The molecule has 4 rings (SSSR count). The molecule has 15 heavy (non-hydrogen) atoms. The monoisotopic (exact) mass is 219 g/mol. The summed E-state index contributed by atoms with van der Waals surface area (Å²) in [6.45, 7) is 1.20. The summed E-state index contributed by atoms with van der Waals surface area (Å²) in [6.07, 6.45) is 5.79. The summed E-state index contributed by atoms with van der Waals surface area (Å²) in [5.74, 6) is 3.17. The Balaban J connectivity index is 1.62. The largest absolute Gasteiger partial charge is 0.309 e. The van der Waals surface area contributed by atoms with E-state index in [0.29, 0.717) is 6.04 Å². The van der Waals surface area contributed by atoms with Gasteiger partial charge in [-0.05, 0) is 60.4 Å². The molecule has 1 aromatic rings. The molecule has 3 unspecified atom stereocenters. The molecule has 0 bridgehead atoms. The van der Waals surface area contributed by atoms with Gasteiger partial charge in [-0.15, -0.1) is 11.3 Å². The van der Waals surface area contributed by atoms with E-state index in [1.165, 1.54) is 25.8 Å². The number of hydrogen-bond acceptors (Lipinski definition) is 2. The molecule has 0 spiro atoms. The molecule has 0 amide bonds. The Kier molecular flexibility index (Phi) is 1.80. The van der Waals surface area contributed by atoms with Crippen molar-refractivity contribution in [3.8, 4) is 0 Å². The van der Waals surface area contributed by atoms with Crippen LogP contribution in [0.2, 0.25) is 0 Å². The number of nitrogens with one attached hydrogen (secondary N) is 1. The van der Waals surface area contributed by atoms with E-state index in [9.17, 15) is 0 Å². The van der Waals surface area contributed by atoms with E-state index in [-0.39, 0.29) is 0 Å². The highest BCUT2D eigenvalue weighted by atomic mass is 32.1. The number of fused-ring (bicyclic) bond motifs is 2. The zero-order chi connectivity index (χ0) is 9.83. The third-order valence-electron chi connectivity index (χ3n) is 4.58. The van der Waals surface area contributed by atoms with E-state index < -0.39 is 0 Å². The van der Waals surface area contributed by atoms with Crippen LogP contribution in [0.3, 0.4) is 0 Å². The van der Waals surface area contributed by atoms with E-state index in [1.807, 2.05) is 11.3 Å². The third kappa shape index (κ3) is 1.31. The molecule has 2 heterocycles. The van der Waals surface area contributed by atoms with Gasteiger partial charge in [0, 0.05) is 17.5 Å². The van der Waals surface area contributed by atoms with E-state index in [2.05, 4.69) is 16.8 Å². The predicted molar refractivity (Wildman–Crippen MR) is 63.1 cm³/mol. The second kappa shape index (κ2) is 3.08. The van der Waals surface area contributed by atoms with Crippen molar-refractivity contribution in [3.05, 3.63) is 21.9 Å². The first-order valence-electron chi connectivity index (χ1n) is 6.21. The molecule has 80 valence electrons. The highest BCUT2D eigenvalue weighted by molar-refractivity contribution is 7.10. The summed E-state index contributed by atoms with van der Waals surface area (Å²) in [5.41, 5.74) is 1.64. The maximum atomic E-state index is 3.75. The highest BCUT2D eigenvalue weighted by Crippen LogP contribution is 2.57. The van der Waals surface area contributed by atoms with Crippen LogP contribution in [0.5, 0.6) is 0 Å². The lowest BCUT2D eigenvalue weighted by Crippen LogP contribution is -2.33. The number of hydrogen-bond donors (Lipinski definition) is 1. The topological polar surface area (TPSA) is 12.0 Å². The van der Waals surface area contributed by atoms with Crippen LogP contribution in [0.1, 0.15) is 35.7 Å². The maximum absolute atomic E-state index is 3.75. The Bertz CT molecular complexity index is 374. The van der Waals surface area contributed by atoms with Gasteiger partial charge in [0.15, 0.2) is 0 Å². The third-order valence-corrected chi connectivity index (χ3v) is 5.58. The van der Waals surface area contributed by atoms with Gasteiger partial charge in [-0.3, -0.25) is 0 Å². The molecule has 1 aliphatic heterocycles. The zero-order valence-electron chi connectivity index (χ0n) is 8.91. The molecule has 3 aliphatic rings. The van der Waals surface area contributed by atoms with Gasteiger partial charge in [-0.25, -0.2) is 0 Å². The zero-order valence-corrected chi connectivity index (χ0v) is 9.72. The van der Waals surface area contributed by atoms with E-state index >= 15 is 0 Å². The minimum Gasteiger partial charge on any atom is -0.309 e. The summed E-state index contributed by atoms with van der Waals surface area (Å²) in [4.78, 5) is 1.65. The molecule has 3 atom stereocenters. The van der Waals surface area contributed by atoms with E-state index in [4.69, 9.17) is 0 Å². The van der Waals surface area contributed by atoms with Crippen LogP contribution in [0.25, 0.3) is 0 Å². The fourth-order valence-electron chi connectivity index (χ4n) is 3.74. The van der Waals surface area contributed by atoms with Crippen LogP contribution in [0.4, 0.5) is 0 Å². The highest BCUT2D eigenvalue weighted by Gasteiger charge is 2.48. The second-order valence-corrected chi connectivity index (χ2v) is 6.47. The predicted octanol–water partition coefficient (Wildman–Crippen LogP) is 2.98. The first-order valence-corrected chi connectivity index (χ1v) is 7.09. The fourth-order valence-corrected chi connectivity index (χ4v) is 4.67. The average Bonchev–Trinajstić information content (AvgIpc) is 2.72. The van der Waals surface area contributed by atoms with Gasteiger partial charge in [-0.2, -0.15) is 0 Å². The van der Waals surface area contributed by atoms with Crippen molar-refractivity contribution in [2.45, 2.75) is 31.7 Å². The summed E-state index contributed by atoms with van der Waals surface area (Å²) in [7, 11) is 0. The normalized spacial score (nSPS) is 42.4. The van der Waals surface area contributed by atoms with E-state index in [0.717, 1.165) is 17.8 Å². The molecule has 0 saturated heterocycles. The van der Waals surface area contributed by atoms with Gasteiger partial charge >= 0.3 is 0 Å². The first-order chi connectivity index (χ1) is 7.42. The van der Waals surface area contributed by atoms with Crippen molar-refractivity contribution in [2.75, 3.05) is 6.54 Å². The van der Waals surface area contributed by atoms with Gasteiger partial charge < -0.3 is 5.32 Å². The Morgan fingerprint density at radius 2 is 1.93 bits per heavy atom. The SMILES string of the molecule is c1cc2c(s1)CCNC2C1CC2CC2C1.